The van der Waals surface area contributed by atoms with E-state index in [0.29, 0.717) is 19.3 Å². The Hall–Kier alpha value is -5.56. The summed E-state index contributed by atoms with van der Waals surface area (Å²) < 4.78 is 0. The van der Waals surface area contributed by atoms with Crippen molar-refractivity contribution >= 4 is 77.7 Å². The highest BCUT2D eigenvalue weighted by molar-refractivity contribution is 7.80. The molecule has 0 radical (unpaired) electrons. The first kappa shape index (κ1) is 63.4. The minimum Gasteiger partial charge on any atom is -0.480 e. The SMILES string of the molecule is CC(C)CC(N)C(=O)NC(CC(C)C)C(=O)NC(CC(C)C)C(=O)NC(CS)C(=O)NC(CCC(N)=O)C(=O)NC(CC(N)=O)C(=O)NC(CCCCN)C(=O)NCC(=O)NC(CC(C)C)C(=O)O. The number of carbonyl (C=O) groups is 11. The zero-order valence-electron chi connectivity index (χ0n) is 41.3. The van der Waals surface area contributed by atoms with E-state index in [1.54, 1.807) is 27.7 Å². The van der Waals surface area contributed by atoms with Crippen molar-refractivity contribution in [1.82, 2.24) is 42.5 Å². The summed E-state index contributed by atoms with van der Waals surface area (Å²) in [5.41, 5.74) is 22.4. The molecule has 0 aromatic heterocycles. The summed E-state index contributed by atoms with van der Waals surface area (Å²) in [5.74, 6) is -10.5. The highest BCUT2D eigenvalue weighted by Crippen LogP contribution is 2.12. The molecule has 0 heterocycles. The number of primary amides is 2. The maximum atomic E-state index is 13.8. The number of carbonyl (C=O) groups excluding carboxylic acids is 10. The van der Waals surface area contributed by atoms with Crippen molar-refractivity contribution in [3.63, 3.8) is 0 Å². The van der Waals surface area contributed by atoms with Gasteiger partial charge in [0.1, 0.15) is 42.3 Å². The van der Waals surface area contributed by atoms with Crippen molar-refractivity contribution in [2.75, 3.05) is 18.8 Å². The van der Waals surface area contributed by atoms with Crippen LogP contribution in [0.3, 0.4) is 0 Å². The van der Waals surface area contributed by atoms with Crippen LogP contribution in [-0.2, 0) is 52.7 Å². The quantitative estimate of drug-likeness (QED) is 0.0227. The van der Waals surface area contributed by atoms with Crippen LogP contribution in [0.1, 0.15) is 120 Å². The van der Waals surface area contributed by atoms with Crippen LogP contribution in [-0.4, -0.2) is 137 Å². The molecule has 394 valence electrons. The molecule has 0 fully saturated rings. The third kappa shape index (κ3) is 27.3. The van der Waals surface area contributed by atoms with E-state index in [4.69, 9.17) is 22.9 Å². The van der Waals surface area contributed by atoms with Gasteiger partial charge in [-0.15, -0.1) is 0 Å². The number of thiol groups is 1. The number of carboxylic acid groups (broad SMARTS) is 1. The van der Waals surface area contributed by atoms with Crippen LogP contribution in [0.15, 0.2) is 0 Å². The first-order valence-electron chi connectivity index (χ1n) is 23.4. The van der Waals surface area contributed by atoms with Crippen molar-refractivity contribution in [3.05, 3.63) is 0 Å². The number of nitrogens with two attached hydrogens (primary N) is 4. The fourth-order valence-electron chi connectivity index (χ4n) is 6.81. The Balaban J connectivity index is 6.37. The number of aliphatic carboxylic acids is 1. The molecule has 24 nitrogen and oxygen atoms in total. The maximum Gasteiger partial charge on any atom is 0.326 e. The van der Waals surface area contributed by atoms with Crippen molar-refractivity contribution in [3.8, 4) is 0 Å². The van der Waals surface area contributed by atoms with E-state index in [1.165, 1.54) is 0 Å². The Morgan fingerprint density at radius 1 is 0.478 bits per heavy atom. The van der Waals surface area contributed by atoms with Crippen LogP contribution >= 0.6 is 12.6 Å². The van der Waals surface area contributed by atoms with Gasteiger partial charge in [0.2, 0.25) is 59.1 Å². The molecule has 0 aromatic carbocycles. The number of carboxylic acids is 1. The Labute approximate surface area is 410 Å². The molecular weight excluding hydrogens is 921 g/mol. The summed E-state index contributed by atoms with van der Waals surface area (Å²) in [6.07, 6.45) is -0.134. The Morgan fingerprint density at radius 3 is 1.33 bits per heavy atom. The monoisotopic (exact) mass is 1000 g/mol. The summed E-state index contributed by atoms with van der Waals surface area (Å²) in [7, 11) is 0. The Kier molecular flexibility index (Phi) is 30.4. The first-order chi connectivity index (χ1) is 32.1. The van der Waals surface area contributed by atoms with Gasteiger partial charge in [-0.05, 0) is 81.6 Å². The highest BCUT2D eigenvalue weighted by Gasteiger charge is 2.35. The third-order valence-corrected chi connectivity index (χ3v) is 10.6. The average molecular weight is 1000 g/mol. The standard InChI is InChI=1S/C44H80N12O12S/c1-22(2)15-26(46)37(60)53-29(16-23(3)4)40(63)54-30(17-24(5)6)41(64)56-33(21-69)43(66)52-28(12-13-34(47)57)39(62)55-31(19-35(48)58)42(65)51-27(11-9-10-14-45)38(61)49-20-36(59)50-32(44(67)68)18-25(7)8/h22-33,69H,9-21,45-46H2,1-8H3,(H2,47,57)(H2,48,58)(H,49,61)(H,50,59)(H,51,65)(H,52,66)(H,53,60)(H,54,63)(H,55,62)(H,56,64)(H,67,68). The lowest BCUT2D eigenvalue weighted by molar-refractivity contribution is -0.142. The molecule has 0 aliphatic heterocycles. The predicted octanol–water partition coefficient (Wildman–Crippen LogP) is -2.71. The van der Waals surface area contributed by atoms with Gasteiger partial charge in [0.25, 0.3) is 0 Å². The van der Waals surface area contributed by atoms with Gasteiger partial charge in [-0.25, -0.2) is 4.79 Å². The maximum absolute atomic E-state index is 13.8. The normalized spacial score (nSPS) is 14.8. The molecule has 69 heavy (non-hydrogen) atoms. The summed E-state index contributed by atoms with van der Waals surface area (Å²) in [4.78, 5) is 143. The predicted molar refractivity (Wildman–Crippen MR) is 259 cm³/mol. The van der Waals surface area contributed by atoms with E-state index in [9.17, 15) is 57.8 Å². The summed E-state index contributed by atoms with van der Waals surface area (Å²) >= 11 is 4.22. The molecule has 10 amide bonds. The number of hydrogen-bond acceptors (Lipinski definition) is 14. The molecule has 17 N–H and O–H groups in total. The summed E-state index contributed by atoms with van der Waals surface area (Å²) in [6, 6.07) is -10.5. The molecule has 0 saturated carbocycles. The second kappa shape index (κ2) is 33.1. The second-order valence-electron chi connectivity index (χ2n) is 18.8. The molecular formula is C44H80N12O12S. The van der Waals surface area contributed by atoms with E-state index in [2.05, 4.69) is 55.2 Å². The Morgan fingerprint density at radius 2 is 0.884 bits per heavy atom. The smallest absolute Gasteiger partial charge is 0.326 e. The molecule has 0 bridgehead atoms. The van der Waals surface area contributed by atoms with Crippen molar-refractivity contribution in [2.24, 2.45) is 46.6 Å². The minimum atomic E-state index is -1.75. The fourth-order valence-corrected chi connectivity index (χ4v) is 7.07. The molecule has 0 aromatic rings. The van der Waals surface area contributed by atoms with Crippen molar-refractivity contribution in [1.29, 1.82) is 0 Å². The van der Waals surface area contributed by atoms with E-state index in [1.807, 2.05) is 27.7 Å². The van der Waals surface area contributed by atoms with Gasteiger partial charge in [-0.3, -0.25) is 47.9 Å². The van der Waals surface area contributed by atoms with E-state index < -0.39 is 139 Å². The number of nitrogens with one attached hydrogen (secondary N) is 8. The zero-order chi connectivity index (χ0) is 53.1. The molecule has 25 heteroatoms. The molecule has 0 aliphatic rings. The lowest BCUT2D eigenvalue weighted by Gasteiger charge is -2.28. The molecule has 8 atom stereocenters. The van der Waals surface area contributed by atoms with Crippen LogP contribution < -0.4 is 65.5 Å². The molecule has 8 unspecified atom stereocenters. The zero-order valence-corrected chi connectivity index (χ0v) is 42.2. The lowest BCUT2D eigenvalue weighted by Crippen LogP contribution is -2.60. The third-order valence-electron chi connectivity index (χ3n) is 10.3. The Bertz CT molecular complexity index is 1750. The van der Waals surface area contributed by atoms with Gasteiger partial charge in [0.05, 0.1) is 19.0 Å². The van der Waals surface area contributed by atoms with Gasteiger partial charge in [0.15, 0.2) is 0 Å². The van der Waals surface area contributed by atoms with Gasteiger partial charge < -0.3 is 70.6 Å². The highest BCUT2D eigenvalue weighted by atomic mass is 32.1. The molecule has 0 rings (SSSR count). The van der Waals surface area contributed by atoms with Gasteiger partial charge in [0, 0.05) is 12.2 Å². The number of hydrogen-bond donors (Lipinski definition) is 14. The van der Waals surface area contributed by atoms with Crippen LogP contribution in [0.25, 0.3) is 0 Å². The van der Waals surface area contributed by atoms with Crippen LogP contribution in [0, 0.1) is 23.7 Å². The topological polar surface area (TPSA) is 408 Å². The molecule has 0 spiro atoms. The fraction of sp³-hybridized carbons (Fsp3) is 0.750. The van der Waals surface area contributed by atoms with E-state index in [-0.39, 0.29) is 61.7 Å². The second-order valence-corrected chi connectivity index (χ2v) is 19.2. The number of rotatable bonds is 35. The van der Waals surface area contributed by atoms with Crippen molar-refractivity contribution in [2.45, 2.75) is 168 Å². The molecule has 0 aliphatic carbocycles. The van der Waals surface area contributed by atoms with E-state index in [0.717, 1.165) is 0 Å². The lowest BCUT2D eigenvalue weighted by atomic mass is 9.99. The van der Waals surface area contributed by atoms with Gasteiger partial charge in [-0.2, -0.15) is 12.6 Å². The van der Waals surface area contributed by atoms with Gasteiger partial charge in [-0.1, -0.05) is 55.4 Å². The van der Waals surface area contributed by atoms with Crippen LogP contribution in [0.2, 0.25) is 0 Å². The van der Waals surface area contributed by atoms with Crippen LogP contribution in [0.4, 0.5) is 0 Å². The molecule has 0 saturated heterocycles. The largest absolute Gasteiger partial charge is 0.480 e. The first-order valence-corrected chi connectivity index (χ1v) is 24.0. The summed E-state index contributed by atoms with van der Waals surface area (Å²) in [6.45, 7) is 14.2. The van der Waals surface area contributed by atoms with Gasteiger partial charge >= 0.3 is 5.97 Å². The number of unbranched alkanes of at least 4 members (excludes halogenated alkanes) is 1. The van der Waals surface area contributed by atoms with Crippen LogP contribution in [0.5, 0.6) is 0 Å². The van der Waals surface area contributed by atoms with Crippen molar-refractivity contribution < 1.29 is 57.8 Å². The number of amides is 10. The minimum absolute atomic E-state index is 0.0171. The average Bonchev–Trinajstić information content (AvgIpc) is 3.23. The summed E-state index contributed by atoms with van der Waals surface area (Å²) in [5, 5.41) is 29.2. The van der Waals surface area contributed by atoms with E-state index >= 15 is 0 Å².